The summed E-state index contributed by atoms with van der Waals surface area (Å²) >= 11 is 0. The van der Waals surface area contributed by atoms with Crippen LogP contribution < -0.4 is 4.74 Å². The van der Waals surface area contributed by atoms with E-state index in [2.05, 4.69) is 11.1 Å². The molecule has 0 atom stereocenters. The molecule has 158 valence electrons. The number of aromatic nitrogens is 1. The molecule has 0 radical (unpaired) electrons. The molecule has 2 heterocycles. The normalized spacial score (nSPS) is 14.3. The van der Waals surface area contributed by atoms with Gasteiger partial charge in [0.15, 0.2) is 5.60 Å². The zero-order valence-electron chi connectivity index (χ0n) is 17.9. The summed E-state index contributed by atoms with van der Waals surface area (Å²) in [6.45, 7) is 8.20. The molecule has 1 aromatic carbocycles. The van der Waals surface area contributed by atoms with Gasteiger partial charge in [0.05, 0.1) is 11.7 Å². The van der Waals surface area contributed by atoms with Crippen LogP contribution in [-0.2, 0) is 9.53 Å². The third kappa shape index (κ3) is 5.26. The van der Waals surface area contributed by atoms with Crippen LogP contribution in [0.1, 0.15) is 50.0 Å². The van der Waals surface area contributed by atoms with Gasteiger partial charge in [0, 0.05) is 25.5 Å². The van der Waals surface area contributed by atoms with E-state index < -0.39 is 11.6 Å². The van der Waals surface area contributed by atoms with Crippen LogP contribution in [-0.4, -0.2) is 46.6 Å². The maximum Gasteiger partial charge on any atom is 0.350 e. The van der Waals surface area contributed by atoms with Gasteiger partial charge in [0.25, 0.3) is 5.91 Å². The van der Waals surface area contributed by atoms with Crippen molar-refractivity contribution in [1.82, 2.24) is 9.88 Å². The average molecular weight is 408 g/mol. The van der Waals surface area contributed by atoms with Gasteiger partial charge in [0.1, 0.15) is 5.75 Å². The van der Waals surface area contributed by atoms with E-state index in [1.165, 1.54) is 0 Å². The third-order valence-electron chi connectivity index (χ3n) is 4.82. The summed E-state index contributed by atoms with van der Waals surface area (Å²) in [6, 6.07) is 11.2. The number of benzene rings is 1. The van der Waals surface area contributed by atoms with E-state index in [0.717, 1.165) is 17.6 Å². The first-order chi connectivity index (χ1) is 14.3. The molecule has 0 aliphatic carbocycles. The molecule has 1 aliphatic rings. The number of hydrogen-bond acceptors (Lipinski definition) is 5. The molecule has 0 N–H and O–H groups in total. The van der Waals surface area contributed by atoms with Crippen LogP contribution in [0.4, 0.5) is 0 Å². The molecule has 1 aromatic heterocycles. The van der Waals surface area contributed by atoms with Gasteiger partial charge in [-0.3, -0.25) is 9.78 Å². The Morgan fingerprint density at radius 3 is 2.60 bits per heavy atom. The van der Waals surface area contributed by atoms with Gasteiger partial charge in [-0.05, 0) is 69.5 Å². The summed E-state index contributed by atoms with van der Waals surface area (Å²) in [7, 11) is 0. The first kappa shape index (κ1) is 21.6. The second kappa shape index (κ2) is 9.11. The summed E-state index contributed by atoms with van der Waals surface area (Å²) < 4.78 is 11.2. The van der Waals surface area contributed by atoms with E-state index >= 15 is 0 Å². The van der Waals surface area contributed by atoms with Crippen molar-refractivity contribution in [3.05, 3.63) is 66.0 Å². The summed E-state index contributed by atoms with van der Waals surface area (Å²) in [5, 5.41) is 0. The fourth-order valence-corrected chi connectivity index (χ4v) is 3.24. The molecule has 0 bridgehead atoms. The van der Waals surface area contributed by atoms with Crippen LogP contribution >= 0.6 is 0 Å². The smallest absolute Gasteiger partial charge is 0.350 e. The Morgan fingerprint density at radius 1 is 1.17 bits per heavy atom. The zero-order chi connectivity index (χ0) is 21.7. The fraction of sp³-hybridized carbons (Fsp3) is 0.375. The van der Waals surface area contributed by atoms with Crippen molar-refractivity contribution < 1.29 is 19.1 Å². The number of amides is 1. The number of carbonyl (C=O) groups excluding carboxylic acids is 2. The molecule has 6 nitrogen and oxygen atoms in total. The number of hydrogen-bond donors (Lipinski definition) is 0. The number of esters is 1. The number of pyridine rings is 1. The quantitative estimate of drug-likeness (QED) is 0.673. The Bertz CT molecular complexity index is 935. The summed E-state index contributed by atoms with van der Waals surface area (Å²) in [4.78, 5) is 30.7. The van der Waals surface area contributed by atoms with Crippen molar-refractivity contribution >= 4 is 17.4 Å². The number of ether oxygens (including phenoxy) is 2. The van der Waals surface area contributed by atoms with Crippen molar-refractivity contribution in [3.63, 3.8) is 0 Å². The summed E-state index contributed by atoms with van der Waals surface area (Å²) in [5.74, 6) is 0.193. The average Bonchev–Trinajstić information content (AvgIpc) is 2.73. The van der Waals surface area contributed by atoms with Gasteiger partial charge in [-0.2, -0.15) is 0 Å². The molecule has 0 fully saturated rings. The highest BCUT2D eigenvalue weighted by Gasteiger charge is 2.32. The fourth-order valence-electron chi connectivity index (χ4n) is 3.24. The minimum atomic E-state index is -1.09. The van der Waals surface area contributed by atoms with E-state index in [1.807, 2.05) is 43.0 Å². The van der Waals surface area contributed by atoms with E-state index in [0.29, 0.717) is 24.4 Å². The van der Waals surface area contributed by atoms with Crippen LogP contribution in [0.2, 0.25) is 0 Å². The largest absolute Gasteiger partial charge is 0.476 e. The lowest BCUT2D eigenvalue weighted by Gasteiger charge is -2.28. The molecular weight excluding hydrogens is 380 g/mol. The Hall–Kier alpha value is -3.15. The minimum Gasteiger partial charge on any atom is -0.476 e. The summed E-state index contributed by atoms with van der Waals surface area (Å²) in [6.07, 6.45) is 5.86. The van der Waals surface area contributed by atoms with Crippen molar-refractivity contribution in [3.8, 4) is 5.75 Å². The number of carbonyl (C=O) groups is 2. The van der Waals surface area contributed by atoms with Crippen LogP contribution in [0, 0.1) is 0 Å². The molecule has 30 heavy (non-hydrogen) atoms. The number of nitrogens with zero attached hydrogens (tertiary/aromatic N) is 2. The molecule has 1 amide bonds. The first-order valence-corrected chi connectivity index (χ1v) is 10.1. The lowest BCUT2D eigenvalue weighted by Crippen LogP contribution is -2.40. The number of rotatable bonds is 6. The van der Waals surface area contributed by atoms with Crippen LogP contribution in [0.3, 0.4) is 0 Å². The highest BCUT2D eigenvalue weighted by atomic mass is 16.6. The minimum absolute atomic E-state index is 0.0131. The van der Waals surface area contributed by atoms with E-state index in [9.17, 15) is 9.59 Å². The Balaban J connectivity index is 1.68. The van der Waals surface area contributed by atoms with Crippen LogP contribution in [0.5, 0.6) is 5.75 Å². The molecule has 3 rings (SSSR count). The van der Waals surface area contributed by atoms with Gasteiger partial charge < -0.3 is 14.4 Å². The molecule has 2 aromatic rings. The standard InChI is InChI=1S/C24H28N2O4/c1-17(2)29-23(28)24(3,4)30-21-9-5-7-19(15-21)18-10-13-26(14-11-18)22(27)20-8-6-12-25-16-20/h5-10,12,15-17H,11,13-14H2,1-4H3. The van der Waals surface area contributed by atoms with E-state index in [4.69, 9.17) is 9.47 Å². The predicted molar refractivity (Wildman–Crippen MR) is 115 cm³/mol. The molecule has 6 heteroatoms. The first-order valence-electron chi connectivity index (χ1n) is 10.1. The molecule has 0 spiro atoms. The Kier molecular flexibility index (Phi) is 6.55. The van der Waals surface area contributed by atoms with Gasteiger partial charge in [0.2, 0.25) is 0 Å². The Morgan fingerprint density at radius 2 is 1.97 bits per heavy atom. The maximum absolute atomic E-state index is 12.6. The highest BCUT2D eigenvalue weighted by Crippen LogP contribution is 2.28. The molecular formula is C24H28N2O4. The van der Waals surface area contributed by atoms with Crippen LogP contribution in [0.25, 0.3) is 5.57 Å². The van der Waals surface area contributed by atoms with Crippen molar-refractivity contribution in [1.29, 1.82) is 0 Å². The molecule has 0 saturated carbocycles. The van der Waals surface area contributed by atoms with E-state index in [1.54, 1.807) is 38.4 Å². The van der Waals surface area contributed by atoms with E-state index in [-0.39, 0.29) is 12.0 Å². The van der Waals surface area contributed by atoms with Crippen molar-refractivity contribution in [2.24, 2.45) is 0 Å². The second-order valence-electron chi connectivity index (χ2n) is 8.07. The second-order valence-corrected chi connectivity index (χ2v) is 8.07. The topological polar surface area (TPSA) is 68.7 Å². The Labute approximate surface area is 177 Å². The third-order valence-corrected chi connectivity index (χ3v) is 4.82. The predicted octanol–water partition coefficient (Wildman–Crippen LogP) is 4.12. The van der Waals surface area contributed by atoms with Gasteiger partial charge in [-0.15, -0.1) is 0 Å². The lowest BCUT2D eigenvalue weighted by molar-refractivity contribution is -0.163. The molecule has 0 saturated heterocycles. The summed E-state index contributed by atoms with van der Waals surface area (Å²) in [5.41, 5.74) is 1.68. The molecule has 0 unspecified atom stereocenters. The monoisotopic (exact) mass is 408 g/mol. The van der Waals surface area contributed by atoms with Gasteiger partial charge in [-0.25, -0.2) is 4.79 Å². The van der Waals surface area contributed by atoms with Gasteiger partial charge >= 0.3 is 5.97 Å². The highest BCUT2D eigenvalue weighted by molar-refractivity contribution is 5.94. The van der Waals surface area contributed by atoms with Crippen molar-refractivity contribution in [2.75, 3.05) is 13.1 Å². The SMILES string of the molecule is CC(C)OC(=O)C(C)(C)Oc1cccc(C2=CCN(C(=O)c3cccnc3)CC2)c1. The van der Waals surface area contributed by atoms with Crippen LogP contribution in [0.15, 0.2) is 54.9 Å². The van der Waals surface area contributed by atoms with Crippen molar-refractivity contribution in [2.45, 2.75) is 45.8 Å². The van der Waals surface area contributed by atoms with Gasteiger partial charge in [-0.1, -0.05) is 18.2 Å². The zero-order valence-corrected chi connectivity index (χ0v) is 17.9. The lowest BCUT2D eigenvalue weighted by atomic mass is 9.99. The maximum atomic E-state index is 12.6. The molecule has 1 aliphatic heterocycles.